The largest absolute Gasteiger partial charge is 0.504 e. The molecule has 0 spiro atoms. The standard InChI is InChI=1S/C12H15BrFNO2/c1-17-9-6-7(13)11(14)10(12(9)16)8-4-2-3-5-15-8/h6,8,15-16H,2-5H2,1H3. The van der Waals surface area contributed by atoms with Crippen molar-refractivity contribution < 1.29 is 14.2 Å². The molecule has 1 fully saturated rings. The average Bonchev–Trinajstić information content (AvgIpc) is 2.35. The van der Waals surface area contributed by atoms with Gasteiger partial charge in [-0.1, -0.05) is 6.42 Å². The fourth-order valence-electron chi connectivity index (χ4n) is 2.18. The van der Waals surface area contributed by atoms with Crippen LogP contribution in [0.2, 0.25) is 0 Å². The molecule has 1 aliphatic heterocycles. The molecule has 1 saturated heterocycles. The first-order chi connectivity index (χ1) is 8.15. The second-order valence-corrected chi connectivity index (χ2v) is 4.99. The van der Waals surface area contributed by atoms with E-state index in [0.29, 0.717) is 15.8 Å². The van der Waals surface area contributed by atoms with Crippen molar-refractivity contribution >= 4 is 15.9 Å². The Morgan fingerprint density at radius 1 is 1.53 bits per heavy atom. The number of aromatic hydroxyl groups is 1. The molecule has 2 N–H and O–H groups in total. The summed E-state index contributed by atoms with van der Waals surface area (Å²) < 4.78 is 19.4. The molecule has 5 heteroatoms. The molecule has 0 aliphatic carbocycles. The van der Waals surface area contributed by atoms with Gasteiger partial charge in [-0.3, -0.25) is 0 Å². The van der Waals surface area contributed by atoms with Crippen LogP contribution < -0.4 is 10.1 Å². The summed E-state index contributed by atoms with van der Waals surface area (Å²) in [5, 5.41) is 13.2. The number of hydrogen-bond donors (Lipinski definition) is 2. The van der Waals surface area contributed by atoms with Gasteiger partial charge in [-0.05, 0) is 35.3 Å². The minimum absolute atomic E-state index is 0.104. The van der Waals surface area contributed by atoms with Gasteiger partial charge < -0.3 is 15.2 Å². The number of benzene rings is 1. The van der Waals surface area contributed by atoms with E-state index in [0.717, 1.165) is 25.8 Å². The topological polar surface area (TPSA) is 41.5 Å². The molecular weight excluding hydrogens is 289 g/mol. The number of phenols is 1. The maximum Gasteiger partial charge on any atom is 0.165 e. The highest BCUT2D eigenvalue weighted by Gasteiger charge is 2.25. The van der Waals surface area contributed by atoms with Crippen LogP contribution in [0.1, 0.15) is 30.9 Å². The van der Waals surface area contributed by atoms with E-state index < -0.39 is 5.82 Å². The number of halogens is 2. The number of rotatable bonds is 2. The molecule has 0 radical (unpaired) electrons. The van der Waals surface area contributed by atoms with E-state index in [1.807, 2.05) is 0 Å². The molecule has 1 atom stereocenters. The van der Waals surface area contributed by atoms with E-state index in [9.17, 15) is 9.50 Å². The Hall–Kier alpha value is -0.810. The zero-order chi connectivity index (χ0) is 12.4. The third-order valence-corrected chi connectivity index (χ3v) is 3.65. The molecule has 1 unspecified atom stereocenters. The Morgan fingerprint density at radius 2 is 2.29 bits per heavy atom. The Kier molecular flexibility index (Phi) is 3.89. The van der Waals surface area contributed by atoms with E-state index in [-0.39, 0.29) is 11.8 Å². The number of hydrogen-bond acceptors (Lipinski definition) is 3. The molecule has 0 bridgehead atoms. The van der Waals surface area contributed by atoms with Crippen molar-refractivity contribution in [3.05, 3.63) is 21.9 Å². The highest BCUT2D eigenvalue weighted by Crippen LogP contribution is 2.41. The van der Waals surface area contributed by atoms with Gasteiger partial charge >= 0.3 is 0 Å². The van der Waals surface area contributed by atoms with Crippen LogP contribution >= 0.6 is 15.9 Å². The Labute approximate surface area is 108 Å². The summed E-state index contributed by atoms with van der Waals surface area (Å²) in [4.78, 5) is 0. The maximum absolute atomic E-state index is 14.1. The predicted molar refractivity (Wildman–Crippen MR) is 66.9 cm³/mol. The first kappa shape index (κ1) is 12.6. The maximum atomic E-state index is 14.1. The van der Waals surface area contributed by atoms with Crippen LogP contribution in [0.25, 0.3) is 0 Å². The number of phenolic OH excluding ortho intramolecular Hbond substituents is 1. The molecular formula is C12H15BrFNO2. The third-order valence-electron chi connectivity index (χ3n) is 3.07. The summed E-state index contributed by atoms with van der Waals surface area (Å²) >= 11 is 3.14. The molecule has 94 valence electrons. The average molecular weight is 304 g/mol. The molecule has 0 saturated carbocycles. The predicted octanol–water partition coefficient (Wildman–Crippen LogP) is 3.12. The molecule has 1 heterocycles. The number of ether oxygens (including phenoxy) is 1. The lowest BCUT2D eigenvalue weighted by Gasteiger charge is -2.25. The van der Waals surface area contributed by atoms with Crippen molar-refractivity contribution in [2.24, 2.45) is 0 Å². The minimum atomic E-state index is -0.414. The SMILES string of the molecule is COc1cc(Br)c(F)c(C2CCCCN2)c1O. The highest BCUT2D eigenvalue weighted by atomic mass is 79.9. The van der Waals surface area contributed by atoms with Crippen LogP contribution in [-0.2, 0) is 0 Å². The fraction of sp³-hybridized carbons (Fsp3) is 0.500. The van der Waals surface area contributed by atoms with Crippen LogP contribution in [0.5, 0.6) is 11.5 Å². The Bertz CT molecular complexity index is 419. The van der Waals surface area contributed by atoms with E-state index in [1.54, 1.807) is 0 Å². The first-order valence-electron chi connectivity index (χ1n) is 5.63. The van der Waals surface area contributed by atoms with Crippen molar-refractivity contribution in [2.45, 2.75) is 25.3 Å². The van der Waals surface area contributed by atoms with Gasteiger partial charge in [0.15, 0.2) is 11.5 Å². The molecule has 0 aromatic heterocycles. The van der Waals surface area contributed by atoms with Crippen LogP contribution in [0.4, 0.5) is 4.39 Å². The van der Waals surface area contributed by atoms with Crippen molar-refractivity contribution in [1.82, 2.24) is 5.32 Å². The van der Waals surface area contributed by atoms with E-state index in [2.05, 4.69) is 21.2 Å². The smallest absolute Gasteiger partial charge is 0.165 e. The van der Waals surface area contributed by atoms with Gasteiger partial charge in [-0.25, -0.2) is 4.39 Å². The molecule has 1 aliphatic rings. The zero-order valence-electron chi connectivity index (χ0n) is 9.59. The second-order valence-electron chi connectivity index (χ2n) is 4.14. The fourth-order valence-corrected chi connectivity index (χ4v) is 2.61. The van der Waals surface area contributed by atoms with Crippen LogP contribution in [0, 0.1) is 5.82 Å². The van der Waals surface area contributed by atoms with Gasteiger partial charge in [0.1, 0.15) is 5.82 Å². The summed E-state index contributed by atoms with van der Waals surface area (Å²) in [6, 6.07) is 1.30. The molecule has 1 aromatic rings. The lowest BCUT2D eigenvalue weighted by molar-refractivity contribution is 0.345. The number of nitrogens with one attached hydrogen (secondary N) is 1. The van der Waals surface area contributed by atoms with E-state index in [1.165, 1.54) is 13.2 Å². The van der Waals surface area contributed by atoms with Gasteiger partial charge in [0.2, 0.25) is 0 Å². The minimum Gasteiger partial charge on any atom is -0.504 e. The van der Waals surface area contributed by atoms with Crippen molar-refractivity contribution in [3.8, 4) is 11.5 Å². The van der Waals surface area contributed by atoms with Gasteiger partial charge in [0.25, 0.3) is 0 Å². The number of methoxy groups -OCH3 is 1. The lowest BCUT2D eigenvalue weighted by atomic mass is 9.96. The van der Waals surface area contributed by atoms with Gasteiger partial charge in [-0.2, -0.15) is 0 Å². The van der Waals surface area contributed by atoms with Crippen LogP contribution in [0.3, 0.4) is 0 Å². The van der Waals surface area contributed by atoms with E-state index >= 15 is 0 Å². The van der Waals surface area contributed by atoms with E-state index in [4.69, 9.17) is 4.74 Å². The molecule has 2 rings (SSSR count). The van der Waals surface area contributed by atoms with Crippen molar-refractivity contribution in [2.75, 3.05) is 13.7 Å². The monoisotopic (exact) mass is 303 g/mol. The summed E-state index contributed by atoms with van der Waals surface area (Å²) in [5.41, 5.74) is 0.302. The van der Waals surface area contributed by atoms with Crippen LogP contribution in [-0.4, -0.2) is 18.8 Å². The summed E-state index contributed by atoms with van der Waals surface area (Å²) in [6.07, 6.45) is 2.94. The number of piperidine rings is 1. The Morgan fingerprint density at radius 3 is 2.88 bits per heavy atom. The summed E-state index contributed by atoms with van der Waals surface area (Å²) in [7, 11) is 1.46. The zero-order valence-corrected chi connectivity index (χ0v) is 11.2. The molecule has 17 heavy (non-hydrogen) atoms. The van der Waals surface area contributed by atoms with Crippen molar-refractivity contribution in [3.63, 3.8) is 0 Å². The second kappa shape index (κ2) is 5.23. The third kappa shape index (κ3) is 2.40. The highest BCUT2D eigenvalue weighted by molar-refractivity contribution is 9.10. The lowest BCUT2D eigenvalue weighted by Crippen LogP contribution is -2.27. The first-order valence-corrected chi connectivity index (χ1v) is 6.42. The van der Waals surface area contributed by atoms with Gasteiger partial charge in [0.05, 0.1) is 17.1 Å². The Balaban J connectivity index is 2.46. The van der Waals surface area contributed by atoms with Gasteiger partial charge in [0, 0.05) is 12.1 Å². The van der Waals surface area contributed by atoms with Gasteiger partial charge in [-0.15, -0.1) is 0 Å². The van der Waals surface area contributed by atoms with Crippen LogP contribution in [0.15, 0.2) is 10.5 Å². The quantitative estimate of drug-likeness (QED) is 0.882. The molecule has 3 nitrogen and oxygen atoms in total. The van der Waals surface area contributed by atoms with Crippen molar-refractivity contribution in [1.29, 1.82) is 0 Å². The molecule has 1 aromatic carbocycles. The summed E-state index contributed by atoms with van der Waals surface area (Å²) in [5.74, 6) is -0.226. The molecule has 0 amide bonds. The normalized spacial score (nSPS) is 20.3. The summed E-state index contributed by atoms with van der Waals surface area (Å²) in [6.45, 7) is 0.846.